The molecule has 0 radical (unpaired) electrons. The van der Waals surface area contributed by atoms with E-state index in [2.05, 4.69) is 5.32 Å². The van der Waals surface area contributed by atoms with Gasteiger partial charge in [-0.1, -0.05) is 43.7 Å². The Labute approximate surface area is 171 Å². The highest BCUT2D eigenvalue weighted by molar-refractivity contribution is 5.87. The zero-order valence-corrected chi connectivity index (χ0v) is 17.3. The molecule has 1 N–H and O–H groups in total. The van der Waals surface area contributed by atoms with Crippen molar-refractivity contribution < 1.29 is 18.7 Å². The lowest BCUT2D eigenvalue weighted by molar-refractivity contribution is -0.142. The number of ether oxygens (including phenoxy) is 1. The van der Waals surface area contributed by atoms with Gasteiger partial charge in [0.05, 0.1) is 0 Å². The van der Waals surface area contributed by atoms with E-state index < -0.39 is 6.04 Å². The van der Waals surface area contributed by atoms with Crippen molar-refractivity contribution in [3.8, 4) is 5.75 Å². The van der Waals surface area contributed by atoms with Gasteiger partial charge in [-0.2, -0.15) is 0 Å². The van der Waals surface area contributed by atoms with Crippen molar-refractivity contribution in [1.29, 1.82) is 0 Å². The van der Waals surface area contributed by atoms with Crippen molar-refractivity contribution in [3.63, 3.8) is 0 Å². The second kappa shape index (κ2) is 11.2. The third-order valence-corrected chi connectivity index (χ3v) is 4.71. The summed E-state index contributed by atoms with van der Waals surface area (Å²) in [6.45, 7) is 6.22. The molecule has 0 aromatic heterocycles. The van der Waals surface area contributed by atoms with E-state index in [1.54, 1.807) is 25.1 Å². The van der Waals surface area contributed by atoms with Gasteiger partial charge in [-0.3, -0.25) is 9.59 Å². The van der Waals surface area contributed by atoms with Crippen LogP contribution in [0.25, 0.3) is 0 Å². The molecule has 0 saturated carbocycles. The molecular formula is C23H29FN2O3. The lowest BCUT2D eigenvalue weighted by Gasteiger charge is -2.29. The summed E-state index contributed by atoms with van der Waals surface area (Å²) in [5, 5.41) is 2.86. The van der Waals surface area contributed by atoms with Gasteiger partial charge in [0, 0.05) is 13.1 Å². The Balaban J connectivity index is 2.11. The third-order valence-electron chi connectivity index (χ3n) is 4.71. The monoisotopic (exact) mass is 400 g/mol. The van der Waals surface area contributed by atoms with Crippen LogP contribution in [-0.2, 0) is 16.1 Å². The first-order valence-electron chi connectivity index (χ1n) is 9.92. The predicted molar refractivity (Wildman–Crippen MR) is 111 cm³/mol. The maximum Gasteiger partial charge on any atom is 0.261 e. The summed E-state index contributed by atoms with van der Waals surface area (Å²) in [5.41, 5.74) is 1.67. The molecule has 1 unspecified atom stereocenters. The SMILES string of the molecule is CCCCNC(=O)C(C)N(Cc1ccc(F)cc1)C(=O)COc1ccccc1C. The third kappa shape index (κ3) is 6.89. The predicted octanol–water partition coefficient (Wildman–Crippen LogP) is 3.85. The number of carbonyl (C=O) groups excluding carboxylic acids is 2. The van der Waals surface area contributed by atoms with Gasteiger partial charge in [-0.25, -0.2) is 4.39 Å². The van der Waals surface area contributed by atoms with E-state index in [9.17, 15) is 14.0 Å². The quantitative estimate of drug-likeness (QED) is 0.617. The lowest BCUT2D eigenvalue weighted by Crippen LogP contribution is -2.49. The minimum Gasteiger partial charge on any atom is -0.484 e. The molecule has 2 amide bonds. The van der Waals surface area contributed by atoms with E-state index in [0.29, 0.717) is 12.3 Å². The van der Waals surface area contributed by atoms with E-state index in [4.69, 9.17) is 4.74 Å². The summed E-state index contributed by atoms with van der Waals surface area (Å²) < 4.78 is 18.9. The zero-order valence-electron chi connectivity index (χ0n) is 17.3. The molecule has 29 heavy (non-hydrogen) atoms. The van der Waals surface area contributed by atoms with Gasteiger partial charge in [-0.15, -0.1) is 0 Å². The molecule has 0 spiro atoms. The number of para-hydroxylation sites is 1. The van der Waals surface area contributed by atoms with Crippen LogP contribution in [0.3, 0.4) is 0 Å². The molecule has 2 aromatic rings. The topological polar surface area (TPSA) is 58.6 Å². The Hall–Kier alpha value is -2.89. The average molecular weight is 400 g/mol. The summed E-state index contributed by atoms with van der Waals surface area (Å²) in [4.78, 5) is 26.9. The van der Waals surface area contributed by atoms with Crippen molar-refractivity contribution in [2.75, 3.05) is 13.2 Å². The summed E-state index contributed by atoms with van der Waals surface area (Å²) in [5.74, 6) is -0.247. The van der Waals surface area contributed by atoms with Gasteiger partial charge < -0.3 is 15.0 Å². The number of nitrogens with zero attached hydrogens (tertiary/aromatic N) is 1. The summed E-state index contributed by atoms with van der Waals surface area (Å²) in [6.07, 6.45) is 1.85. The number of rotatable bonds is 10. The highest BCUT2D eigenvalue weighted by Crippen LogP contribution is 2.17. The Morgan fingerprint density at radius 1 is 1.14 bits per heavy atom. The van der Waals surface area contributed by atoms with E-state index in [1.807, 2.05) is 32.0 Å². The van der Waals surface area contributed by atoms with Gasteiger partial charge in [0.25, 0.3) is 5.91 Å². The van der Waals surface area contributed by atoms with Crippen LogP contribution in [0.15, 0.2) is 48.5 Å². The van der Waals surface area contributed by atoms with Crippen molar-refractivity contribution in [2.45, 2.75) is 46.2 Å². The number of hydrogen-bond donors (Lipinski definition) is 1. The molecule has 0 aliphatic rings. The lowest BCUT2D eigenvalue weighted by atomic mass is 10.1. The number of hydrogen-bond acceptors (Lipinski definition) is 3. The van der Waals surface area contributed by atoms with Crippen LogP contribution < -0.4 is 10.1 Å². The normalized spacial score (nSPS) is 11.6. The maximum atomic E-state index is 13.2. The average Bonchev–Trinajstić information content (AvgIpc) is 2.72. The first kappa shape index (κ1) is 22.4. The summed E-state index contributed by atoms with van der Waals surface area (Å²) in [7, 11) is 0. The standard InChI is InChI=1S/C23H29FN2O3/c1-4-5-14-25-23(28)18(3)26(15-19-10-12-20(24)13-11-19)22(27)16-29-21-9-7-6-8-17(21)2/h6-13,18H,4-5,14-16H2,1-3H3,(H,25,28). The summed E-state index contributed by atoms with van der Waals surface area (Å²) in [6, 6.07) is 12.7. The number of carbonyl (C=O) groups is 2. The van der Waals surface area contributed by atoms with E-state index in [0.717, 1.165) is 24.0 Å². The van der Waals surface area contributed by atoms with Crippen molar-refractivity contribution in [2.24, 2.45) is 0 Å². The van der Waals surface area contributed by atoms with Gasteiger partial charge in [0.2, 0.25) is 5.91 Å². The second-order valence-electron chi connectivity index (χ2n) is 7.02. The van der Waals surface area contributed by atoms with E-state index >= 15 is 0 Å². The summed E-state index contributed by atoms with van der Waals surface area (Å²) >= 11 is 0. The minimum absolute atomic E-state index is 0.182. The Bertz CT molecular complexity index is 808. The van der Waals surface area contributed by atoms with Crippen LogP contribution >= 0.6 is 0 Å². The Kier molecular flexibility index (Phi) is 8.65. The Morgan fingerprint density at radius 2 is 1.83 bits per heavy atom. The van der Waals surface area contributed by atoms with E-state index in [1.165, 1.54) is 17.0 Å². The second-order valence-corrected chi connectivity index (χ2v) is 7.02. The smallest absolute Gasteiger partial charge is 0.261 e. The highest BCUT2D eigenvalue weighted by atomic mass is 19.1. The number of amides is 2. The maximum absolute atomic E-state index is 13.2. The first-order valence-corrected chi connectivity index (χ1v) is 9.92. The molecule has 0 aliphatic heterocycles. The van der Waals surface area contributed by atoms with Crippen molar-refractivity contribution >= 4 is 11.8 Å². The molecule has 5 nitrogen and oxygen atoms in total. The van der Waals surface area contributed by atoms with Gasteiger partial charge in [0.15, 0.2) is 6.61 Å². The van der Waals surface area contributed by atoms with Gasteiger partial charge in [0.1, 0.15) is 17.6 Å². The molecular weight excluding hydrogens is 371 g/mol. The van der Waals surface area contributed by atoms with Crippen LogP contribution in [0.1, 0.15) is 37.8 Å². The number of aryl methyl sites for hydroxylation is 1. The number of benzene rings is 2. The van der Waals surface area contributed by atoms with Crippen molar-refractivity contribution in [1.82, 2.24) is 10.2 Å². The van der Waals surface area contributed by atoms with Crippen LogP contribution in [-0.4, -0.2) is 35.9 Å². The first-order chi connectivity index (χ1) is 13.9. The molecule has 2 rings (SSSR count). The zero-order chi connectivity index (χ0) is 21.2. The molecule has 1 atom stereocenters. The molecule has 0 bridgehead atoms. The highest BCUT2D eigenvalue weighted by Gasteiger charge is 2.26. The Morgan fingerprint density at radius 3 is 2.48 bits per heavy atom. The molecule has 0 saturated heterocycles. The van der Waals surface area contributed by atoms with Crippen LogP contribution in [0.5, 0.6) is 5.75 Å². The molecule has 0 fully saturated rings. The largest absolute Gasteiger partial charge is 0.484 e. The van der Waals surface area contributed by atoms with Gasteiger partial charge >= 0.3 is 0 Å². The molecule has 0 aliphatic carbocycles. The molecule has 156 valence electrons. The van der Waals surface area contributed by atoms with E-state index in [-0.39, 0.29) is 30.8 Å². The van der Waals surface area contributed by atoms with Crippen molar-refractivity contribution in [3.05, 3.63) is 65.5 Å². The number of unbranched alkanes of at least 4 members (excludes halogenated alkanes) is 1. The minimum atomic E-state index is -0.676. The van der Waals surface area contributed by atoms with Gasteiger partial charge in [-0.05, 0) is 49.6 Å². The fourth-order valence-electron chi connectivity index (χ4n) is 2.85. The number of nitrogens with one attached hydrogen (secondary N) is 1. The molecule has 2 aromatic carbocycles. The fraction of sp³-hybridized carbons (Fsp3) is 0.391. The number of halogens is 1. The van der Waals surface area contributed by atoms with Crippen LogP contribution in [0, 0.1) is 12.7 Å². The molecule has 0 heterocycles. The fourth-order valence-corrected chi connectivity index (χ4v) is 2.85. The molecule has 6 heteroatoms. The van der Waals surface area contributed by atoms with Crippen LogP contribution in [0.2, 0.25) is 0 Å². The van der Waals surface area contributed by atoms with Crippen LogP contribution in [0.4, 0.5) is 4.39 Å².